The zero-order chi connectivity index (χ0) is 13.9. The van der Waals surface area contributed by atoms with Crippen LogP contribution in [0.3, 0.4) is 0 Å². The van der Waals surface area contributed by atoms with E-state index in [0.29, 0.717) is 23.8 Å². The molecule has 108 valence electrons. The smallest absolute Gasteiger partial charge is 0.167 e. The van der Waals surface area contributed by atoms with Gasteiger partial charge in [0.15, 0.2) is 11.5 Å². The van der Waals surface area contributed by atoms with Gasteiger partial charge in [0, 0.05) is 17.5 Å². The molecule has 0 bridgehead atoms. The van der Waals surface area contributed by atoms with Gasteiger partial charge in [0.25, 0.3) is 0 Å². The molecule has 3 aliphatic rings. The number of nitrogens with one attached hydrogen (secondary N) is 1. The fraction of sp³-hybridized carbons (Fsp3) is 0.625. The zero-order valence-electron chi connectivity index (χ0n) is 11.9. The lowest BCUT2D eigenvalue weighted by molar-refractivity contribution is -0.153. The predicted octanol–water partition coefficient (Wildman–Crippen LogP) is 2.37. The molecular weight excluding hydrogens is 254 g/mol. The van der Waals surface area contributed by atoms with Crippen LogP contribution in [-0.4, -0.2) is 29.4 Å². The van der Waals surface area contributed by atoms with Gasteiger partial charge in [-0.1, -0.05) is 12.1 Å². The van der Waals surface area contributed by atoms with Gasteiger partial charge < -0.3 is 19.9 Å². The van der Waals surface area contributed by atoms with Gasteiger partial charge in [-0.2, -0.15) is 0 Å². The summed E-state index contributed by atoms with van der Waals surface area (Å²) in [5.41, 5.74) is 0.672. The van der Waals surface area contributed by atoms with E-state index in [1.807, 2.05) is 12.1 Å². The number of phenolic OH excluding ortho intramolecular Hbond substituents is 1. The number of para-hydroxylation sites is 1. The Kier molecular flexibility index (Phi) is 2.57. The molecule has 2 fully saturated rings. The fourth-order valence-electron chi connectivity index (χ4n) is 3.98. The van der Waals surface area contributed by atoms with E-state index in [2.05, 4.69) is 19.2 Å². The van der Waals surface area contributed by atoms with E-state index < -0.39 is 0 Å². The SMILES string of the molecule is CC1(C)Oc2c(O)cccc2[C@@H]2O[C@@H]3CCN[C@@H]3C[C@H]21. The van der Waals surface area contributed by atoms with Crippen molar-refractivity contribution in [1.29, 1.82) is 0 Å². The molecule has 4 rings (SSSR count). The third-order valence-electron chi connectivity index (χ3n) is 5.07. The summed E-state index contributed by atoms with van der Waals surface area (Å²) in [5.74, 6) is 1.12. The predicted molar refractivity (Wildman–Crippen MR) is 74.9 cm³/mol. The van der Waals surface area contributed by atoms with Gasteiger partial charge in [-0.25, -0.2) is 0 Å². The first kappa shape index (κ1) is 12.5. The topological polar surface area (TPSA) is 50.7 Å². The van der Waals surface area contributed by atoms with Crippen LogP contribution in [0, 0.1) is 5.92 Å². The Bertz CT molecular complexity index is 543. The maximum Gasteiger partial charge on any atom is 0.167 e. The van der Waals surface area contributed by atoms with E-state index >= 15 is 0 Å². The second kappa shape index (κ2) is 4.12. The monoisotopic (exact) mass is 275 g/mol. The van der Waals surface area contributed by atoms with Gasteiger partial charge in [0.1, 0.15) is 5.60 Å². The van der Waals surface area contributed by atoms with Crippen LogP contribution in [0.5, 0.6) is 11.5 Å². The average Bonchev–Trinajstić information content (AvgIpc) is 2.86. The number of fused-ring (bicyclic) bond motifs is 4. The highest BCUT2D eigenvalue weighted by Crippen LogP contribution is 2.53. The summed E-state index contributed by atoms with van der Waals surface area (Å²) in [6.07, 6.45) is 2.46. The second-order valence-electron chi connectivity index (χ2n) is 6.69. The van der Waals surface area contributed by atoms with Crippen molar-refractivity contribution in [3.63, 3.8) is 0 Å². The maximum atomic E-state index is 10.1. The van der Waals surface area contributed by atoms with Gasteiger partial charge in [-0.3, -0.25) is 0 Å². The number of hydrogen-bond donors (Lipinski definition) is 2. The van der Waals surface area contributed by atoms with Crippen LogP contribution in [0.1, 0.15) is 38.4 Å². The molecule has 4 heteroatoms. The van der Waals surface area contributed by atoms with Crippen LogP contribution in [0.25, 0.3) is 0 Å². The molecule has 0 spiro atoms. The Labute approximate surface area is 119 Å². The van der Waals surface area contributed by atoms with Gasteiger partial charge in [0.05, 0.1) is 12.2 Å². The van der Waals surface area contributed by atoms with Crippen LogP contribution in [-0.2, 0) is 4.74 Å². The molecule has 0 amide bonds. The minimum Gasteiger partial charge on any atom is -0.504 e. The summed E-state index contributed by atoms with van der Waals surface area (Å²) in [6.45, 7) is 5.22. The van der Waals surface area contributed by atoms with Crippen LogP contribution in [0.4, 0.5) is 0 Å². The van der Waals surface area contributed by atoms with Crippen molar-refractivity contribution in [3.05, 3.63) is 23.8 Å². The quantitative estimate of drug-likeness (QED) is 0.763. The van der Waals surface area contributed by atoms with E-state index in [-0.39, 0.29) is 17.5 Å². The summed E-state index contributed by atoms with van der Waals surface area (Å²) in [4.78, 5) is 0. The van der Waals surface area contributed by atoms with Crippen LogP contribution < -0.4 is 10.1 Å². The van der Waals surface area contributed by atoms with Crippen molar-refractivity contribution in [2.24, 2.45) is 5.92 Å². The second-order valence-corrected chi connectivity index (χ2v) is 6.69. The number of ether oxygens (including phenoxy) is 2. The lowest BCUT2D eigenvalue weighted by Gasteiger charge is -2.49. The molecule has 2 N–H and O–H groups in total. The van der Waals surface area contributed by atoms with E-state index in [1.165, 1.54) is 0 Å². The molecular formula is C16H21NO3. The average molecular weight is 275 g/mol. The van der Waals surface area contributed by atoms with Crippen molar-refractivity contribution < 1.29 is 14.6 Å². The minimum absolute atomic E-state index is 0.0296. The molecule has 0 radical (unpaired) electrons. The van der Waals surface area contributed by atoms with E-state index in [0.717, 1.165) is 24.9 Å². The van der Waals surface area contributed by atoms with Crippen molar-refractivity contribution in [2.45, 2.75) is 50.5 Å². The Morgan fingerprint density at radius 3 is 3.05 bits per heavy atom. The third-order valence-corrected chi connectivity index (χ3v) is 5.07. The van der Waals surface area contributed by atoms with Crippen molar-refractivity contribution in [2.75, 3.05) is 6.54 Å². The van der Waals surface area contributed by atoms with Crippen LogP contribution in [0.15, 0.2) is 18.2 Å². The van der Waals surface area contributed by atoms with Gasteiger partial charge in [0.2, 0.25) is 0 Å². The Balaban J connectivity index is 1.79. The third kappa shape index (κ3) is 1.68. The Hall–Kier alpha value is -1.26. The zero-order valence-corrected chi connectivity index (χ0v) is 11.9. The molecule has 0 aliphatic carbocycles. The van der Waals surface area contributed by atoms with Crippen molar-refractivity contribution in [1.82, 2.24) is 5.32 Å². The first-order valence-corrected chi connectivity index (χ1v) is 7.46. The van der Waals surface area contributed by atoms with Gasteiger partial charge in [-0.15, -0.1) is 0 Å². The summed E-state index contributed by atoms with van der Waals surface area (Å²) in [5, 5.41) is 13.6. The molecule has 0 saturated carbocycles. The van der Waals surface area contributed by atoms with Crippen molar-refractivity contribution in [3.8, 4) is 11.5 Å². The van der Waals surface area contributed by atoms with Gasteiger partial charge >= 0.3 is 0 Å². The van der Waals surface area contributed by atoms with Crippen molar-refractivity contribution >= 4 is 0 Å². The standard InChI is InChI=1S/C16H21NO3/c1-16(2)10-8-11-13(6-7-17-11)19-14(10)9-4-3-5-12(18)15(9)20-16/h3-5,10-11,13-14,17-18H,6-8H2,1-2H3/t10-,11-,13-,14+/m1/s1. The first-order chi connectivity index (χ1) is 9.56. The molecule has 20 heavy (non-hydrogen) atoms. The molecule has 1 aromatic carbocycles. The molecule has 4 nitrogen and oxygen atoms in total. The number of benzene rings is 1. The molecule has 2 saturated heterocycles. The minimum atomic E-state index is -0.328. The Morgan fingerprint density at radius 2 is 2.20 bits per heavy atom. The fourth-order valence-corrected chi connectivity index (χ4v) is 3.98. The van der Waals surface area contributed by atoms with E-state index in [1.54, 1.807) is 6.07 Å². The Morgan fingerprint density at radius 1 is 1.35 bits per heavy atom. The van der Waals surface area contributed by atoms with Crippen LogP contribution in [0.2, 0.25) is 0 Å². The van der Waals surface area contributed by atoms with Gasteiger partial charge in [-0.05, 0) is 39.3 Å². The maximum absolute atomic E-state index is 10.1. The lowest BCUT2D eigenvalue weighted by atomic mass is 9.74. The normalized spacial score (nSPS) is 37.5. The summed E-state index contributed by atoms with van der Waals surface area (Å²) in [7, 11) is 0. The summed E-state index contributed by atoms with van der Waals surface area (Å²) < 4.78 is 12.5. The molecule has 0 unspecified atom stereocenters. The van der Waals surface area contributed by atoms with Crippen LogP contribution >= 0.6 is 0 Å². The molecule has 1 aromatic rings. The summed E-state index contributed by atoms with van der Waals surface area (Å²) in [6, 6.07) is 6.01. The highest BCUT2D eigenvalue weighted by atomic mass is 16.5. The molecule has 3 aliphatic heterocycles. The number of phenols is 1. The highest BCUT2D eigenvalue weighted by molar-refractivity contribution is 5.49. The number of rotatable bonds is 0. The highest BCUT2D eigenvalue weighted by Gasteiger charge is 2.51. The summed E-state index contributed by atoms with van der Waals surface area (Å²) >= 11 is 0. The molecule has 4 atom stereocenters. The van der Waals surface area contributed by atoms with E-state index in [4.69, 9.17) is 9.47 Å². The molecule has 0 aromatic heterocycles. The number of hydrogen-bond acceptors (Lipinski definition) is 4. The lowest BCUT2D eigenvalue weighted by Crippen LogP contribution is -2.53. The first-order valence-electron chi connectivity index (χ1n) is 7.46. The largest absolute Gasteiger partial charge is 0.504 e. The molecule has 3 heterocycles. The van der Waals surface area contributed by atoms with E-state index in [9.17, 15) is 5.11 Å². The number of aromatic hydroxyl groups is 1.